The second-order valence-electron chi connectivity index (χ2n) is 6.61. The number of aromatic nitrogens is 2. The number of anilines is 1. The molecule has 24 heavy (non-hydrogen) atoms. The third-order valence-corrected chi connectivity index (χ3v) is 4.38. The van der Waals surface area contributed by atoms with Gasteiger partial charge in [0.05, 0.1) is 11.2 Å². The largest absolute Gasteiger partial charge is 0.323 e. The van der Waals surface area contributed by atoms with E-state index in [1.165, 1.54) is 5.56 Å². The summed E-state index contributed by atoms with van der Waals surface area (Å²) in [5, 5.41) is 10.6. The van der Waals surface area contributed by atoms with Crippen molar-refractivity contribution in [3.05, 3.63) is 29.0 Å². The summed E-state index contributed by atoms with van der Waals surface area (Å²) >= 11 is 0. The van der Waals surface area contributed by atoms with E-state index in [0.29, 0.717) is 12.4 Å². The van der Waals surface area contributed by atoms with Crippen molar-refractivity contribution in [2.45, 2.75) is 59.3 Å². The number of carbonyl (C=O) groups is 1. The molecule has 2 atom stereocenters. The number of hydrogen-bond acceptors (Lipinski definition) is 5. The Morgan fingerprint density at radius 2 is 2.04 bits per heavy atom. The minimum absolute atomic E-state index is 0.0500. The summed E-state index contributed by atoms with van der Waals surface area (Å²) in [4.78, 5) is 21.1. The topological polar surface area (TPSA) is 78.9 Å². The van der Waals surface area contributed by atoms with Gasteiger partial charge in [-0.05, 0) is 38.8 Å². The molecular formula is C18H25N5O. The van der Waals surface area contributed by atoms with Crippen LogP contribution in [0.15, 0.2) is 12.1 Å². The highest BCUT2D eigenvalue weighted by molar-refractivity contribution is 5.85. The van der Waals surface area contributed by atoms with Crippen LogP contribution in [-0.4, -0.2) is 28.2 Å². The second kappa shape index (κ2) is 6.73. The van der Waals surface area contributed by atoms with Gasteiger partial charge in [-0.1, -0.05) is 25.0 Å². The Hall–Kier alpha value is -2.21. The first-order valence-electron chi connectivity index (χ1n) is 8.54. The second-order valence-corrected chi connectivity index (χ2v) is 6.61. The SMILES string of the molecule is CCCC1CC(=O)NC(Nc2nc(C)c3cc(C)cc(C)c3n2)N1. The van der Waals surface area contributed by atoms with E-state index in [0.717, 1.165) is 35.0 Å². The molecular weight excluding hydrogens is 302 g/mol. The van der Waals surface area contributed by atoms with Crippen LogP contribution < -0.4 is 16.0 Å². The Kier molecular flexibility index (Phi) is 4.66. The maximum absolute atomic E-state index is 11.9. The number of hydrogen-bond donors (Lipinski definition) is 3. The minimum Gasteiger partial charge on any atom is -0.323 e. The molecule has 3 rings (SSSR count). The van der Waals surface area contributed by atoms with Crippen molar-refractivity contribution in [2.24, 2.45) is 0 Å². The highest BCUT2D eigenvalue weighted by Crippen LogP contribution is 2.22. The number of rotatable bonds is 4. The zero-order valence-corrected chi connectivity index (χ0v) is 14.7. The Bertz CT molecular complexity index is 774. The fourth-order valence-corrected chi connectivity index (χ4v) is 3.32. The van der Waals surface area contributed by atoms with Gasteiger partial charge in [-0.25, -0.2) is 9.97 Å². The van der Waals surface area contributed by atoms with Gasteiger partial charge in [0.15, 0.2) is 6.29 Å². The third-order valence-electron chi connectivity index (χ3n) is 4.38. The van der Waals surface area contributed by atoms with E-state index >= 15 is 0 Å². The first-order valence-corrected chi connectivity index (χ1v) is 8.54. The summed E-state index contributed by atoms with van der Waals surface area (Å²) in [5.41, 5.74) is 4.21. The van der Waals surface area contributed by atoms with Crippen molar-refractivity contribution in [3.63, 3.8) is 0 Å². The molecule has 3 N–H and O–H groups in total. The van der Waals surface area contributed by atoms with Gasteiger partial charge >= 0.3 is 0 Å². The standard InChI is InChI=1S/C18H25N5O/c1-5-6-13-9-15(24)21-18(20-13)23-17-19-12(4)14-8-10(2)7-11(3)16(14)22-17/h7-8,13,18,20H,5-6,9H2,1-4H3,(H,21,24)(H,19,22,23). The van der Waals surface area contributed by atoms with Crippen LogP contribution in [-0.2, 0) is 4.79 Å². The smallest absolute Gasteiger partial charge is 0.226 e. The van der Waals surface area contributed by atoms with Crippen molar-refractivity contribution in [1.29, 1.82) is 0 Å². The maximum atomic E-state index is 11.9. The van der Waals surface area contributed by atoms with Crippen LogP contribution in [0.4, 0.5) is 5.95 Å². The first kappa shape index (κ1) is 16.6. The highest BCUT2D eigenvalue weighted by atomic mass is 16.2. The predicted molar refractivity (Wildman–Crippen MR) is 95.8 cm³/mol. The van der Waals surface area contributed by atoms with Gasteiger partial charge < -0.3 is 10.6 Å². The Morgan fingerprint density at radius 3 is 2.79 bits per heavy atom. The van der Waals surface area contributed by atoms with Crippen LogP contribution >= 0.6 is 0 Å². The summed E-state index contributed by atoms with van der Waals surface area (Å²) in [6.45, 7) is 8.24. The van der Waals surface area contributed by atoms with Crippen molar-refractivity contribution in [1.82, 2.24) is 20.6 Å². The van der Waals surface area contributed by atoms with Gasteiger partial charge in [-0.2, -0.15) is 0 Å². The van der Waals surface area contributed by atoms with Gasteiger partial charge in [0.25, 0.3) is 0 Å². The van der Waals surface area contributed by atoms with Gasteiger partial charge in [0.2, 0.25) is 11.9 Å². The van der Waals surface area contributed by atoms with E-state index in [-0.39, 0.29) is 18.2 Å². The predicted octanol–water partition coefficient (Wildman–Crippen LogP) is 2.53. The summed E-state index contributed by atoms with van der Waals surface area (Å²) in [6, 6.07) is 4.42. The van der Waals surface area contributed by atoms with E-state index in [1.807, 2.05) is 6.92 Å². The molecule has 0 saturated carbocycles. The lowest BCUT2D eigenvalue weighted by Gasteiger charge is -2.32. The maximum Gasteiger partial charge on any atom is 0.226 e. The average Bonchev–Trinajstić information content (AvgIpc) is 2.48. The lowest BCUT2D eigenvalue weighted by Crippen LogP contribution is -2.59. The number of nitrogens with zero attached hydrogens (tertiary/aromatic N) is 2. The Labute approximate surface area is 142 Å². The minimum atomic E-state index is -0.342. The molecule has 1 aliphatic heterocycles. The molecule has 0 aliphatic carbocycles. The molecule has 1 aromatic carbocycles. The molecule has 128 valence electrons. The van der Waals surface area contributed by atoms with Crippen LogP contribution in [0, 0.1) is 20.8 Å². The average molecular weight is 327 g/mol. The Balaban J connectivity index is 1.86. The van der Waals surface area contributed by atoms with Gasteiger partial charge in [-0.15, -0.1) is 0 Å². The van der Waals surface area contributed by atoms with Crippen LogP contribution in [0.25, 0.3) is 10.9 Å². The normalized spacial score (nSPS) is 20.9. The van der Waals surface area contributed by atoms with E-state index in [1.54, 1.807) is 0 Å². The number of benzene rings is 1. The molecule has 6 heteroatoms. The van der Waals surface area contributed by atoms with Crippen LogP contribution in [0.1, 0.15) is 43.0 Å². The number of amides is 1. The van der Waals surface area contributed by atoms with Crippen molar-refractivity contribution in [2.75, 3.05) is 5.32 Å². The van der Waals surface area contributed by atoms with E-state index in [2.05, 4.69) is 58.8 Å². The van der Waals surface area contributed by atoms with Gasteiger partial charge in [-0.3, -0.25) is 10.1 Å². The third kappa shape index (κ3) is 3.48. The van der Waals surface area contributed by atoms with Crippen molar-refractivity contribution < 1.29 is 4.79 Å². The molecule has 0 spiro atoms. The first-order chi connectivity index (χ1) is 11.5. The van der Waals surface area contributed by atoms with E-state index < -0.39 is 0 Å². The lowest BCUT2D eigenvalue weighted by atomic mass is 10.1. The Morgan fingerprint density at radius 1 is 1.25 bits per heavy atom. The summed E-state index contributed by atoms with van der Waals surface area (Å²) in [6.07, 6.45) is 2.19. The molecule has 0 radical (unpaired) electrons. The van der Waals surface area contributed by atoms with E-state index in [9.17, 15) is 4.79 Å². The zero-order valence-electron chi connectivity index (χ0n) is 14.7. The van der Waals surface area contributed by atoms with Gasteiger partial charge in [0, 0.05) is 17.8 Å². The summed E-state index contributed by atoms with van der Waals surface area (Å²) in [7, 11) is 0. The fraction of sp³-hybridized carbons (Fsp3) is 0.500. The number of fused-ring (bicyclic) bond motifs is 1. The molecule has 1 fully saturated rings. The lowest BCUT2D eigenvalue weighted by molar-refractivity contribution is -0.124. The molecule has 0 bridgehead atoms. The van der Waals surface area contributed by atoms with Crippen molar-refractivity contribution in [3.8, 4) is 0 Å². The van der Waals surface area contributed by atoms with Gasteiger partial charge in [0.1, 0.15) is 0 Å². The van der Waals surface area contributed by atoms with Crippen LogP contribution in [0.3, 0.4) is 0 Å². The molecule has 2 heterocycles. The molecule has 1 amide bonds. The van der Waals surface area contributed by atoms with Crippen molar-refractivity contribution >= 4 is 22.8 Å². The molecule has 2 aromatic rings. The van der Waals surface area contributed by atoms with Crippen LogP contribution in [0.2, 0.25) is 0 Å². The fourth-order valence-electron chi connectivity index (χ4n) is 3.32. The number of aryl methyl sites for hydroxylation is 3. The summed E-state index contributed by atoms with van der Waals surface area (Å²) < 4.78 is 0. The number of carbonyl (C=O) groups excluding carboxylic acids is 1. The quantitative estimate of drug-likeness (QED) is 0.804. The zero-order chi connectivity index (χ0) is 17.3. The highest BCUT2D eigenvalue weighted by Gasteiger charge is 2.25. The van der Waals surface area contributed by atoms with E-state index in [4.69, 9.17) is 0 Å². The van der Waals surface area contributed by atoms with Crippen LogP contribution in [0.5, 0.6) is 0 Å². The molecule has 1 aliphatic rings. The summed E-state index contributed by atoms with van der Waals surface area (Å²) in [5.74, 6) is 0.580. The molecule has 1 saturated heterocycles. The molecule has 2 unspecified atom stereocenters. The molecule has 6 nitrogen and oxygen atoms in total. The number of nitrogens with one attached hydrogen (secondary N) is 3. The monoisotopic (exact) mass is 327 g/mol. The molecule has 1 aromatic heterocycles.